The van der Waals surface area contributed by atoms with E-state index in [-0.39, 0.29) is 0 Å². The van der Waals surface area contributed by atoms with E-state index in [2.05, 4.69) is 42.0 Å². The first-order valence-corrected chi connectivity index (χ1v) is 8.29. The van der Waals surface area contributed by atoms with Crippen LogP contribution in [0.15, 0.2) is 35.7 Å². The van der Waals surface area contributed by atoms with Gasteiger partial charge in [0.2, 0.25) is 0 Å². The molecule has 2 aromatic heterocycles. The molecule has 3 nitrogen and oxygen atoms in total. The van der Waals surface area contributed by atoms with Gasteiger partial charge in [-0.2, -0.15) is 0 Å². The van der Waals surface area contributed by atoms with E-state index >= 15 is 0 Å². The minimum atomic E-state index is 0.679. The molecular formula is C17H21N3S. The molecule has 0 saturated carbocycles. The third-order valence-corrected chi connectivity index (χ3v) is 4.61. The fourth-order valence-electron chi connectivity index (χ4n) is 2.56. The topological polar surface area (TPSA) is 43.8 Å². The first kappa shape index (κ1) is 14.1. The van der Waals surface area contributed by atoms with Crippen molar-refractivity contribution in [2.75, 3.05) is 5.73 Å². The fourth-order valence-corrected chi connectivity index (χ4v) is 3.26. The first-order valence-electron chi connectivity index (χ1n) is 7.41. The zero-order valence-corrected chi connectivity index (χ0v) is 13.4. The predicted octanol–water partition coefficient (Wildman–Crippen LogP) is 4.32. The second-order valence-electron chi connectivity index (χ2n) is 5.83. The maximum absolute atomic E-state index is 6.09. The Hall–Kier alpha value is -1.81. The van der Waals surface area contributed by atoms with E-state index in [4.69, 9.17) is 10.7 Å². The number of nitrogens with two attached hydrogens (primary N) is 1. The lowest BCUT2D eigenvalue weighted by Crippen LogP contribution is -2.06. The van der Waals surface area contributed by atoms with E-state index < -0.39 is 0 Å². The molecule has 3 rings (SSSR count). The second kappa shape index (κ2) is 5.90. The summed E-state index contributed by atoms with van der Waals surface area (Å²) in [4.78, 5) is 6.15. The molecule has 0 atom stereocenters. The van der Waals surface area contributed by atoms with Crippen LogP contribution in [0.3, 0.4) is 0 Å². The Morgan fingerprint density at radius 1 is 1.24 bits per heavy atom. The zero-order chi connectivity index (χ0) is 14.8. The molecule has 0 aliphatic heterocycles. The van der Waals surface area contributed by atoms with Crippen LogP contribution in [0.4, 0.5) is 5.69 Å². The van der Waals surface area contributed by atoms with Gasteiger partial charge in [-0.3, -0.25) is 0 Å². The summed E-state index contributed by atoms with van der Waals surface area (Å²) >= 11 is 1.78. The van der Waals surface area contributed by atoms with Gasteiger partial charge in [0.1, 0.15) is 11.3 Å². The summed E-state index contributed by atoms with van der Waals surface area (Å²) in [5.41, 5.74) is 8.95. The van der Waals surface area contributed by atoms with E-state index in [1.165, 1.54) is 4.88 Å². The monoisotopic (exact) mass is 299 g/mol. The fraction of sp³-hybridized carbons (Fsp3) is 0.353. The zero-order valence-electron chi connectivity index (χ0n) is 12.5. The molecule has 0 spiro atoms. The van der Waals surface area contributed by atoms with Crippen LogP contribution in [-0.4, -0.2) is 9.55 Å². The van der Waals surface area contributed by atoms with E-state index in [0.29, 0.717) is 5.92 Å². The molecule has 0 fully saturated rings. The molecule has 0 bridgehead atoms. The lowest BCUT2D eigenvalue weighted by molar-refractivity contribution is 0.514. The van der Waals surface area contributed by atoms with E-state index in [1.807, 2.05) is 12.1 Å². The van der Waals surface area contributed by atoms with Crippen molar-refractivity contribution >= 4 is 28.1 Å². The van der Waals surface area contributed by atoms with Crippen molar-refractivity contribution < 1.29 is 0 Å². The van der Waals surface area contributed by atoms with Crippen molar-refractivity contribution in [3.63, 3.8) is 0 Å². The van der Waals surface area contributed by atoms with E-state index in [1.54, 1.807) is 11.3 Å². The van der Waals surface area contributed by atoms with Gasteiger partial charge in [0.05, 0.1) is 11.2 Å². The van der Waals surface area contributed by atoms with Crippen molar-refractivity contribution in [1.29, 1.82) is 0 Å². The molecular weight excluding hydrogens is 278 g/mol. The molecule has 2 N–H and O–H groups in total. The Kier molecular flexibility index (Phi) is 3.97. The smallest absolute Gasteiger partial charge is 0.115 e. The molecule has 4 heteroatoms. The van der Waals surface area contributed by atoms with Crippen molar-refractivity contribution in [3.8, 4) is 0 Å². The van der Waals surface area contributed by atoms with Crippen molar-refractivity contribution in [3.05, 3.63) is 46.4 Å². The number of nitrogen functional groups attached to an aromatic ring is 1. The van der Waals surface area contributed by atoms with Gasteiger partial charge in [-0.05, 0) is 35.9 Å². The summed E-state index contributed by atoms with van der Waals surface area (Å²) in [7, 11) is 0. The molecule has 3 aromatic rings. The molecule has 0 aliphatic rings. The van der Waals surface area contributed by atoms with Crippen LogP contribution in [0.2, 0.25) is 0 Å². The number of para-hydroxylation sites is 1. The number of benzene rings is 1. The quantitative estimate of drug-likeness (QED) is 0.713. The van der Waals surface area contributed by atoms with Crippen LogP contribution < -0.4 is 5.73 Å². The highest BCUT2D eigenvalue weighted by atomic mass is 32.1. The number of hydrogen-bond acceptors (Lipinski definition) is 3. The van der Waals surface area contributed by atoms with Crippen LogP contribution in [-0.2, 0) is 13.0 Å². The van der Waals surface area contributed by atoms with Crippen molar-refractivity contribution in [1.82, 2.24) is 9.55 Å². The van der Waals surface area contributed by atoms with Gasteiger partial charge >= 0.3 is 0 Å². The van der Waals surface area contributed by atoms with Gasteiger partial charge in [0.15, 0.2) is 0 Å². The predicted molar refractivity (Wildman–Crippen MR) is 90.7 cm³/mol. The minimum absolute atomic E-state index is 0.679. The number of fused-ring (bicyclic) bond motifs is 1. The van der Waals surface area contributed by atoms with E-state index in [9.17, 15) is 0 Å². The van der Waals surface area contributed by atoms with Gasteiger partial charge < -0.3 is 10.3 Å². The highest BCUT2D eigenvalue weighted by Crippen LogP contribution is 2.25. The summed E-state index contributed by atoms with van der Waals surface area (Å²) in [6, 6.07) is 10.3. The summed E-state index contributed by atoms with van der Waals surface area (Å²) in [6.45, 7) is 5.51. The summed E-state index contributed by atoms with van der Waals surface area (Å²) in [5.74, 6) is 1.80. The first-order chi connectivity index (χ1) is 10.1. The van der Waals surface area contributed by atoms with E-state index in [0.717, 1.165) is 41.9 Å². The SMILES string of the molecule is CC(C)CCn1c(Cc2cccs2)nc2c(N)cccc21. The van der Waals surface area contributed by atoms with Gasteiger partial charge in [0.25, 0.3) is 0 Å². The summed E-state index contributed by atoms with van der Waals surface area (Å²) < 4.78 is 2.34. The van der Waals surface area contributed by atoms with Gasteiger partial charge in [-0.25, -0.2) is 4.98 Å². The Labute approximate surface area is 129 Å². The maximum atomic E-state index is 6.09. The number of aryl methyl sites for hydroxylation is 1. The van der Waals surface area contributed by atoms with Crippen molar-refractivity contribution in [2.45, 2.75) is 33.2 Å². The van der Waals surface area contributed by atoms with Gasteiger partial charge in [-0.1, -0.05) is 26.0 Å². The van der Waals surface area contributed by atoms with Gasteiger partial charge in [-0.15, -0.1) is 11.3 Å². The molecule has 0 aliphatic carbocycles. The second-order valence-corrected chi connectivity index (χ2v) is 6.87. The molecule has 21 heavy (non-hydrogen) atoms. The lowest BCUT2D eigenvalue weighted by atomic mass is 10.1. The van der Waals surface area contributed by atoms with Gasteiger partial charge in [0, 0.05) is 17.8 Å². The number of imidazole rings is 1. The highest BCUT2D eigenvalue weighted by molar-refractivity contribution is 7.09. The van der Waals surface area contributed by atoms with Crippen LogP contribution >= 0.6 is 11.3 Å². The Morgan fingerprint density at radius 2 is 2.10 bits per heavy atom. The molecule has 2 heterocycles. The molecule has 1 aromatic carbocycles. The number of aromatic nitrogens is 2. The summed E-state index contributed by atoms with van der Waals surface area (Å²) in [6.07, 6.45) is 2.03. The van der Waals surface area contributed by atoms with Crippen LogP contribution in [0.1, 0.15) is 31.0 Å². The number of anilines is 1. The lowest BCUT2D eigenvalue weighted by Gasteiger charge is -2.10. The van der Waals surface area contributed by atoms with Crippen LogP contribution in [0.25, 0.3) is 11.0 Å². The molecule has 0 saturated heterocycles. The molecule has 110 valence electrons. The minimum Gasteiger partial charge on any atom is -0.397 e. The van der Waals surface area contributed by atoms with Crippen LogP contribution in [0, 0.1) is 5.92 Å². The number of hydrogen-bond donors (Lipinski definition) is 1. The average Bonchev–Trinajstić information content (AvgIpc) is 3.05. The number of nitrogens with zero attached hydrogens (tertiary/aromatic N) is 2. The van der Waals surface area contributed by atoms with Crippen LogP contribution in [0.5, 0.6) is 0 Å². The maximum Gasteiger partial charge on any atom is 0.115 e. The summed E-state index contributed by atoms with van der Waals surface area (Å²) in [5, 5.41) is 2.12. The Bertz CT molecular complexity index is 726. The molecule has 0 unspecified atom stereocenters. The molecule has 0 radical (unpaired) electrons. The average molecular weight is 299 g/mol. The molecule has 0 amide bonds. The normalized spacial score (nSPS) is 11.6. The number of rotatable bonds is 5. The largest absolute Gasteiger partial charge is 0.397 e. The Morgan fingerprint density at radius 3 is 2.81 bits per heavy atom. The Balaban J connectivity index is 2.03. The third kappa shape index (κ3) is 2.95. The third-order valence-electron chi connectivity index (χ3n) is 3.73. The van der Waals surface area contributed by atoms with Crippen molar-refractivity contribution in [2.24, 2.45) is 5.92 Å². The standard InChI is InChI=1S/C17H21N3S/c1-12(2)8-9-20-15-7-3-6-14(18)17(15)19-16(20)11-13-5-4-10-21-13/h3-7,10,12H,8-9,11,18H2,1-2H3. The highest BCUT2D eigenvalue weighted by Gasteiger charge is 2.13. The number of thiophene rings is 1.